The van der Waals surface area contributed by atoms with E-state index in [2.05, 4.69) is 116 Å². The van der Waals surface area contributed by atoms with Gasteiger partial charge in [-0.15, -0.1) is 11.3 Å². The molecule has 0 fully saturated rings. The van der Waals surface area contributed by atoms with Crippen LogP contribution in [0.3, 0.4) is 0 Å². The van der Waals surface area contributed by atoms with Crippen molar-refractivity contribution in [3.63, 3.8) is 0 Å². The first-order valence-electron chi connectivity index (χ1n) is 9.80. The molecule has 0 unspecified atom stereocenters. The van der Waals surface area contributed by atoms with Crippen molar-refractivity contribution in [2.75, 3.05) is 26.0 Å². The molecule has 0 saturated heterocycles. The van der Waals surface area contributed by atoms with E-state index in [4.69, 9.17) is 0 Å². The monoisotopic (exact) mass is 395 g/mol. The Bertz CT molecular complexity index is 1270. The highest BCUT2D eigenvalue weighted by Gasteiger charge is 2.27. The van der Waals surface area contributed by atoms with Crippen molar-refractivity contribution in [2.45, 2.75) is 0 Å². The predicted molar refractivity (Wildman–Crippen MR) is 127 cm³/mol. The van der Waals surface area contributed by atoms with Crippen molar-refractivity contribution in [3.05, 3.63) is 89.3 Å². The van der Waals surface area contributed by atoms with Crippen LogP contribution in [0.1, 0.15) is 10.4 Å². The Morgan fingerprint density at radius 3 is 2.34 bits per heavy atom. The molecular formula is C26H23N2S+. The second kappa shape index (κ2) is 7.02. The Hall–Kier alpha value is -3.17. The molecule has 3 heteroatoms. The highest BCUT2D eigenvalue weighted by molar-refractivity contribution is 7.16. The molecule has 2 heterocycles. The zero-order chi connectivity index (χ0) is 20.0. The van der Waals surface area contributed by atoms with Crippen LogP contribution in [0, 0.1) is 0 Å². The molecule has 4 aromatic rings. The van der Waals surface area contributed by atoms with E-state index in [1.807, 2.05) is 11.3 Å². The van der Waals surface area contributed by atoms with Gasteiger partial charge in [0.1, 0.15) is 7.05 Å². The molecule has 0 aliphatic carbocycles. The van der Waals surface area contributed by atoms with Crippen LogP contribution >= 0.6 is 11.3 Å². The van der Waals surface area contributed by atoms with Crippen LogP contribution in [0.25, 0.3) is 27.3 Å². The summed E-state index contributed by atoms with van der Waals surface area (Å²) < 4.78 is 2.29. The lowest BCUT2D eigenvalue weighted by Crippen LogP contribution is -2.07. The topological polar surface area (TPSA) is 6.25 Å². The third kappa shape index (κ3) is 3.08. The maximum atomic E-state index is 2.29. The molecule has 1 aliphatic rings. The summed E-state index contributed by atoms with van der Waals surface area (Å²) >= 11 is 1.83. The van der Waals surface area contributed by atoms with Crippen LogP contribution in [-0.4, -0.2) is 31.4 Å². The maximum absolute atomic E-state index is 2.29. The van der Waals surface area contributed by atoms with Crippen molar-refractivity contribution < 1.29 is 4.58 Å². The fourth-order valence-electron chi connectivity index (χ4n) is 4.01. The Morgan fingerprint density at radius 2 is 1.59 bits per heavy atom. The van der Waals surface area contributed by atoms with Gasteiger partial charge in [0.25, 0.3) is 0 Å². The molecule has 142 valence electrons. The van der Waals surface area contributed by atoms with Gasteiger partial charge in [-0.1, -0.05) is 36.4 Å². The van der Waals surface area contributed by atoms with Gasteiger partial charge in [-0.3, -0.25) is 0 Å². The number of hydrogen-bond donors (Lipinski definition) is 0. The average Bonchev–Trinajstić information content (AvgIpc) is 3.32. The number of rotatable bonds is 4. The SMILES string of the molecule is CN(C)c1ccc(-c2ccc(/C=C/C3=[N+](C)c4cccc5cccc3c45)s2)cc1. The summed E-state index contributed by atoms with van der Waals surface area (Å²) in [5, 5.41) is 2.65. The Morgan fingerprint density at radius 1 is 0.828 bits per heavy atom. The third-order valence-electron chi connectivity index (χ3n) is 5.58. The number of benzene rings is 3. The number of thiophene rings is 1. The van der Waals surface area contributed by atoms with E-state index < -0.39 is 0 Å². The molecule has 0 radical (unpaired) electrons. The predicted octanol–water partition coefficient (Wildman–Crippen LogP) is 6.42. The van der Waals surface area contributed by atoms with Crippen LogP contribution in [0.15, 0.2) is 78.9 Å². The Labute approximate surface area is 175 Å². The van der Waals surface area contributed by atoms with Gasteiger partial charge in [-0.25, -0.2) is 0 Å². The summed E-state index contributed by atoms with van der Waals surface area (Å²) in [7, 11) is 6.29. The van der Waals surface area contributed by atoms with Gasteiger partial charge in [0.2, 0.25) is 11.4 Å². The van der Waals surface area contributed by atoms with Gasteiger partial charge in [0.15, 0.2) is 0 Å². The van der Waals surface area contributed by atoms with Crippen LogP contribution in [0.5, 0.6) is 0 Å². The largest absolute Gasteiger partial charge is 0.378 e. The van der Waals surface area contributed by atoms with Gasteiger partial charge in [0, 0.05) is 41.7 Å². The standard InChI is InChI=1S/C26H23N2S/c1-27(2)20-12-10-18(11-13-20)25-17-15-21(29-25)14-16-23-22-8-4-6-19-7-5-9-24(26(19)22)28(23)3/h4-17H,1-3H3/q+1. The van der Waals surface area contributed by atoms with E-state index in [0.717, 1.165) is 0 Å². The van der Waals surface area contributed by atoms with Crippen LogP contribution in [-0.2, 0) is 0 Å². The molecule has 3 aromatic carbocycles. The third-order valence-corrected chi connectivity index (χ3v) is 6.68. The van der Waals surface area contributed by atoms with Gasteiger partial charge in [0.05, 0.1) is 10.9 Å². The van der Waals surface area contributed by atoms with Crippen LogP contribution in [0.4, 0.5) is 11.4 Å². The summed E-state index contributed by atoms with van der Waals surface area (Å²) in [5.74, 6) is 0. The minimum absolute atomic E-state index is 1.22. The quantitative estimate of drug-likeness (QED) is 0.361. The zero-order valence-electron chi connectivity index (χ0n) is 16.9. The number of nitrogens with zero attached hydrogens (tertiary/aromatic N) is 2. The molecule has 2 nitrogen and oxygen atoms in total. The first-order valence-corrected chi connectivity index (χ1v) is 10.6. The summed E-state index contributed by atoms with van der Waals surface area (Å²) in [6.45, 7) is 0. The number of anilines is 1. The summed E-state index contributed by atoms with van der Waals surface area (Å²) in [5.41, 5.74) is 6.34. The van der Waals surface area contributed by atoms with Crippen molar-refractivity contribution >= 4 is 45.3 Å². The molecule has 0 saturated carbocycles. The molecule has 5 rings (SSSR count). The van der Waals surface area contributed by atoms with Crippen molar-refractivity contribution in [2.24, 2.45) is 0 Å². The Balaban J connectivity index is 1.45. The minimum atomic E-state index is 1.22. The minimum Gasteiger partial charge on any atom is -0.378 e. The molecule has 0 amide bonds. The lowest BCUT2D eigenvalue weighted by atomic mass is 10.0. The number of allylic oxidation sites excluding steroid dienone is 1. The smallest absolute Gasteiger partial charge is 0.214 e. The summed E-state index contributed by atoms with van der Waals surface area (Å²) in [6.07, 6.45) is 4.48. The van der Waals surface area contributed by atoms with Gasteiger partial charge in [-0.05, 0) is 47.4 Å². The van der Waals surface area contributed by atoms with Crippen molar-refractivity contribution in [1.82, 2.24) is 0 Å². The van der Waals surface area contributed by atoms with Crippen LogP contribution in [0.2, 0.25) is 0 Å². The van der Waals surface area contributed by atoms with Crippen molar-refractivity contribution in [1.29, 1.82) is 0 Å². The second-order valence-corrected chi connectivity index (χ2v) is 8.72. The highest BCUT2D eigenvalue weighted by Crippen LogP contribution is 2.35. The van der Waals surface area contributed by atoms with Crippen molar-refractivity contribution in [3.8, 4) is 10.4 Å². The van der Waals surface area contributed by atoms with E-state index in [1.54, 1.807) is 0 Å². The van der Waals surface area contributed by atoms with E-state index in [9.17, 15) is 0 Å². The molecular weight excluding hydrogens is 372 g/mol. The zero-order valence-corrected chi connectivity index (χ0v) is 17.7. The molecule has 29 heavy (non-hydrogen) atoms. The molecule has 1 aromatic heterocycles. The lowest BCUT2D eigenvalue weighted by Gasteiger charge is -2.12. The molecule has 0 bridgehead atoms. The maximum Gasteiger partial charge on any atom is 0.214 e. The van der Waals surface area contributed by atoms with Gasteiger partial charge in [-0.2, -0.15) is 4.58 Å². The number of hydrogen-bond acceptors (Lipinski definition) is 2. The normalized spacial score (nSPS) is 13.1. The Kier molecular flexibility index (Phi) is 4.33. The highest BCUT2D eigenvalue weighted by atomic mass is 32.1. The summed E-state index contributed by atoms with van der Waals surface area (Å²) in [4.78, 5) is 4.69. The van der Waals surface area contributed by atoms with Crippen LogP contribution < -0.4 is 4.90 Å². The first kappa shape index (κ1) is 17.9. The van der Waals surface area contributed by atoms with E-state index in [0.29, 0.717) is 0 Å². The molecule has 1 aliphatic heterocycles. The lowest BCUT2D eigenvalue weighted by molar-refractivity contribution is -0.399. The average molecular weight is 396 g/mol. The fraction of sp³-hybridized carbons (Fsp3) is 0.115. The fourth-order valence-corrected chi connectivity index (χ4v) is 4.92. The first-order chi connectivity index (χ1) is 14.1. The van der Waals surface area contributed by atoms with E-state index in [-0.39, 0.29) is 0 Å². The summed E-state index contributed by atoms with van der Waals surface area (Å²) in [6, 6.07) is 26.3. The molecule has 0 N–H and O–H groups in total. The van der Waals surface area contributed by atoms with Gasteiger partial charge >= 0.3 is 0 Å². The van der Waals surface area contributed by atoms with E-state index in [1.165, 1.54) is 48.7 Å². The molecule has 0 spiro atoms. The van der Waals surface area contributed by atoms with E-state index >= 15 is 0 Å². The second-order valence-electron chi connectivity index (χ2n) is 7.60. The molecule has 0 atom stereocenters. The van der Waals surface area contributed by atoms with Gasteiger partial charge < -0.3 is 4.90 Å².